The summed E-state index contributed by atoms with van der Waals surface area (Å²) in [6.45, 7) is 15.2. The first-order valence-corrected chi connectivity index (χ1v) is 13.6. The van der Waals surface area contributed by atoms with Crippen LogP contribution in [0.5, 0.6) is 0 Å². The van der Waals surface area contributed by atoms with Crippen LogP contribution in [0.15, 0.2) is 24.3 Å². The Hall–Kier alpha value is -2.61. The maximum Gasteiger partial charge on any atom is 0.408 e. The van der Waals surface area contributed by atoms with E-state index in [1.165, 1.54) is 4.90 Å². The van der Waals surface area contributed by atoms with E-state index in [0.717, 1.165) is 31.2 Å². The minimum absolute atomic E-state index is 0.274. The number of carbonyl (C=O) groups excluding carboxylic acids is 3. The van der Waals surface area contributed by atoms with Crippen molar-refractivity contribution >= 4 is 17.9 Å². The van der Waals surface area contributed by atoms with Gasteiger partial charge in [0.05, 0.1) is 6.61 Å². The molecule has 3 amide bonds. The average molecular weight is 520 g/mol. The molecule has 210 valence electrons. The van der Waals surface area contributed by atoms with Gasteiger partial charge in [0.2, 0.25) is 11.8 Å². The lowest BCUT2D eigenvalue weighted by atomic mass is 9.94. The van der Waals surface area contributed by atoms with Crippen molar-refractivity contribution in [2.24, 2.45) is 5.92 Å². The number of benzene rings is 1. The van der Waals surface area contributed by atoms with Crippen molar-refractivity contribution in [1.82, 2.24) is 15.5 Å². The number of alkyl carbamates (subject to hydrolysis) is 1. The van der Waals surface area contributed by atoms with E-state index in [-0.39, 0.29) is 11.9 Å². The molecule has 37 heavy (non-hydrogen) atoms. The standard InChI is InChI=1S/C29H49N3O5/c1-9-10-13-18-30-26(34)25(23-15-12-11-14-21(23)4)32(22(5)17-16-20(2)3)27(35)24(19-33)31-28(36)37-29(6,7)8/h11-12,14-15,20,22,24-25,33H,9-10,13,16-19H2,1-8H3,(H,30,34)(H,31,36). The lowest BCUT2D eigenvalue weighted by Crippen LogP contribution is -2.56. The van der Waals surface area contributed by atoms with Gasteiger partial charge in [-0.3, -0.25) is 9.59 Å². The number of hydrogen-bond donors (Lipinski definition) is 3. The second-order valence-electron chi connectivity index (χ2n) is 11.2. The molecule has 3 atom stereocenters. The number of carbonyl (C=O) groups is 3. The Morgan fingerprint density at radius 1 is 1.05 bits per heavy atom. The van der Waals surface area contributed by atoms with Gasteiger partial charge in [0.1, 0.15) is 17.7 Å². The summed E-state index contributed by atoms with van der Waals surface area (Å²) in [4.78, 5) is 41.7. The highest BCUT2D eigenvalue weighted by atomic mass is 16.6. The number of rotatable bonds is 14. The maximum atomic E-state index is 14.0. The number of aryl methyl sites for hydroxylation is 1. The molecule has 0 aromatic heterocycles. The molecular formula is C29H49N3O5. The molecule has 8 heteroatoms. The van der Waals surface area contributed by atoms with Gasteiger partial charge in [-0.2, -0.15) is 0 Å². The molecule has 8 nitrogen and oxygen atoms in total. The topological polar surface area (TPSA) is 108 Å². The zero-order chi connectivity index (χ0) is 28.2. The van der Waals surface area contributed by atoms with E-state index in [2.05, 4.69) is 31.4 Å². The van der Waals surface area contributed by atoms with Gasteiger partial charge >= 0.3 is 6.09 Å². The van der Waals surface area contributed by atoms with Crippen molar-refractivity contribution < 1.29 is 24.2 Å². The highest BCUT2D eigenvalue weighted by Crippen LogP contribution is 2.29. The Balaban J connectivity index is 3.47. The number of hydrogen-bond acceptors (Lipinski definition) is 5. The quantitative estimate of drug-likeness (QED) is 0.304. The summed E-state index contributed by atoms with van der Waals surface area (Å²) in [6.07, 6.45) is 3.59. The number of ether oxygens (including phenoxy) is 1. The zero-order valence-electron chi connectivity index (χ0n) is 24.1. The van der Waals surface area contributed by atoms with Crippen molar-refractivity contribution in [2.75, 3.05) is 13.2 Å². The largest absolute Gasteiger partial charge is 0.444 e. The van der Waals surface area contributed by atoms with Crippen LogP contribution in [0.2, 0.25) is 0 Å². The summed E-state index contributed by atoms with van der Waals surface area (Å²) in [7, 11) is 0. The van der Waals surface area contributed by atoms with Crippen LogP contribution < -0.4 is 10.6 Å². The van der Waals surface area contributed by atoms with Gasteiger partial charge in [0.15, 0.2) is 0 Å². The molecular weight excluding hydrogens is 470 g/mol. The number of aliphatic hydroxyl groups is 1. The number of unbranched alkanes of at least 4 members (excludes halogenated alkanes) is 2. The molecule has 0 radical (unpaired) electrons. The third-order valence-corrected chi connectivity index (χ3v) is 6.15. The summed E-state index contributed by atoms with van der Waals surface area (Å²) >= 11 is 0. The van der Waals surface area contributed by atoms with Crippen LogP contribution in [-0.4, -0.2) is 58.8 Å². The SMILES string of the molecule is CCCCCNC(=O)C(c1ccccc1C)N(C(=O)C(CO)NC(=O)OC(C)(C)C)C(C)CCC(C)C. The molecule has 0 aliphatic carbocycles. The summed E-state index contributed by atoms with van der Waals surface area (Å²) in [5, 5.41) is 15.6. The van der Waals surface area contributed by atoms with Crippen LogP contribution in [0, 0.1) is 12.8 Å². The summed E-state index contributed by atoms with van der Waals surface area (Å²) < 4.78 is 5.32. The zero-order valence-corrected chi connectivity index (χ0v) is 24.1. The monoisotopic (exact) mass is 519 g/mol. The molecule has 1 aromatic rings. The van der Waals surface area contributed by atoms with E-state index in [1.807, 2.05) is 38.1 Å². The van der Waals surface area contributed by atoms with Crippen LogP contribution in [-0.2, 0) is 14.3 Å². The van der Waals surface area contributed by atoms with Gasteiger partial charge < -0.3 is 25.4 Å². The third kappa shape index (κ3) is 11.1. The molecule has 0 aliphatic heterocycles. The normalized spacial score (nSPS) is 14.0. The second kappa shape index (κ2) is 15.6. The van der Waals surface area contributed by atoms with Gasteiger partial charge in [-0.05, 0) is 70.9 Å². The van der Waals surface area contributed by atoms with Crippen LogP contribution in [0.3, 0.4) is 0 Å². The number of nitrogens with zero attached hydrogens (tertiary/aromatic N) is 1. The first-order valence-electron chi connectivity index (χ1n) is 13.6. The van der Waals surface area contributed by atoms with Gasteiger partial charge in [0.25, 0.3) is 0 Å². The molecule has 0 heterocycles. The molecule has 1 aromatic carbocycles. The summed E-state index contributed by atoms with van der Waals surface area (Å²) in [5.41, 5.74) is 0.833. The first kappa shape index (κ1) is 32.4. The van der Waals surface area contributed by atoms with Gasteiger partial charge in [-0.1, -0.05) is 57.9 Å². The molecule has 0 fully saturated rings. The molecule has 0 spiro atoms. The smallest absolute Gasteiger partial charge is 0.408 e. The van der Waals surface area contributed by atoms with Crippen molar-refractivity contribution in [3.8, 4) is 0 Å². The van der Waals surface area contributed by atoms with E-state index >= 15 is 0 Å². The van der Waals surface area contributed by atoms with Crippen molar-refractivity contribution in [2.45, 2.75) is 111 Å². The summed E-state index contributed by atoms with van der Waals surface area (Å²) in [5.74, 6) is -0.390. The molecule has 0 bridgehead atoms. The van der Waals surface area contributed by atoms with E-state index < -0.39 is 36.3 Å². The highest BCUT2D eigenvalue weighted by Gasteiger charge is 2.39. The molecule has 3 unspecified atom stereocenters. The maximum absolute atomic E-state index is 14.0. The third-order valence-electron chi connectivity index (χ3n) is 6.15. The van der Waals surface area contributed by atoms with Crippen LogP contribution in [0.1, 0.15) is 97.7 Å². The first-order chi connectivity index (χ1) is 17.3. The molecule has 0 saturated carbocycles. The van der Waals surface area contributed by atoms with Gasteiger partial charge in [-0.15, -0.1) is 0 Å². The lowest BCUT2D eigenvalue weighted by molar-refractivity contribution is -0.146. The van der Waals surface area contributed by atoms with E-state index in [9.17, 15) is 19.5 Å². The van der Waals surface area contributed by atoms with Gasteiger partial charge in [0, 0.05) is 12.6 Å². The van der Waals surface area contributed by atoms with Crippen LogP contribution in [0.4, 0.5) is 4.79 Å². The molecule has 0 saturated heterocycles. The summed E-state index contributed by atoms with van der Waals surface area (Å²) in [6, 6.07) is 5.03. The Labute approximate surface area is 223 Å². The molecule has 3 N–H and O–H groups in total. The highest BCUT2D eigenvalue weighted by molar-refractivity contribution is 5.92. The Bertz CT molecular complexity index is 865. The minimum atomic E-state index is -1.25. The fourth-order valence-electron chi connectivity index (χ4n) is 4.12. The molecule has 0 aliphatic rings. The number of amides is 3. The Morgan fingerprint density at radius 2 is 1.70 bits per heavy atom. The van der Waals surface area contributed by atoms with E-state index in [4.69, 9.17) is 4.74 Å². The number of aliphatic hydroxyl groups excluding tert-OH is 1. The Kier molecular flexibility index (Phi) is 13.7. The predicted octanol–water partition coefficient (Wildman–Crippen LogP) is 4.88. The minimum Gasteiger partial charge on any atom is -0.444 e. The number of nitrogens with one attached hydrogen (secondary N) is 2. The molecule has 1 rings (SSSR count). The van der Waals surface area contributed by atoms with Crippen molar-refractivity contribution in [3.05, 3.63) is 35.4 Å². The van der Waals surface area contributed by atoms with Crippen molar-refractivity contribution in [3.63, 3.8) is 0 Å². The second-order valence-corrected chi connectivity index (χ2v) is 11.2. The fourth-order valence-corrected chi connectivity index (χ4v) is 4.12. The van der Waals surface area contributed by atoms with E-state index in [0.29, 0.717) is 24.4 Å². The Morgan fingerprint density at radius 3 is 2.24 bits per heavy atom. The fraction of sp³-hybridized carbons (Fsp3) is 0.690. The van der Waals surface area contributed by atoms with Crippen LogP contribution in [0.25, 0.3) is 0 Å². The lowest BCUT2D eigenvalue weighted by Gasteiger charge is -2.39. The van der Waals surface area contributed by atoms with Gasteiger partial charge in [-0.25, -0.2) is 4.79 Å². The van der Waals surface area contributed by atoms with Crippen LogP contribution >= 0.6 is 0 Å². The van der Waals surface area contributed by atoms with E-state index in [1.54, 1.807) is 20.8 Å². The van der Waals surface area contributed by atoms with Crippen molar-refractivity contribution in [1.29, 1.82) is 0 Å². The predicted molar refractivity (Wildman–Crippen MR) is 147 cm³/mol. The average Bonchev–Trinajstić information content (AvgIpc) is 2.81.